The molecule has 13 rings (SSSR count). The first-order chi connectivity index (χ1) is 32.6. The van der Waals surface area contributed by atoms with Gasteiger partial charge in [0.25, 0.3) is 0 Å². The summed E-state index contributed by atoms with van der Waals surface area (Å²) in [5.74, 6) is 0.0970. The van der Waals surface area contributed by atoms with Crippen molar-refractivity contribution in [3.05, 3.63) is 241 Å². The number of benzene rings is 10. The van der Waals surface area contributed by atoms with Crippen molar-refractivity contribution < 1.29 is 4.79 Å². The van der Waals surface area contributed by atoms with Crippen molar-refractivity contribution in [2.75, 3.05) is 0 Å². The van der Waals surface area contributed by atoms with Crippen LogP contribution in [0.5, 0.6) is 0 Å². The predicted molar refractivity (Wildman–Crippen MR) is 282 cm³/mol. The van der Waals surface area contributed by atoms with E-state index >= 15 is 0 Å². The smallest absolute Gasteiger partial charge is 0.193 e. The molecule has 1 nitrogen and oxygen atoms in total. The quantitative estimate of drug-likeness (QED) is 0.163. The molecule has 0 radical (unpaired) electrons. The van der Waals surface area contributed by atoms with Gasteiger partial charge in [-0.3, -0.25) is 4.79 Å². The topological polar surface area (TPSA) is 17.1 Å². The van der Waals surface area contributed by atoms with E-state index in [1.807, 2.05) is 22.7 Å². The van der Waals surface area contributed by atoms with E-state index in [4.69, 9.17) is 0 Å². The van der Waals surface area contributed by atoms with Crippen LogP contribution in [0.25, 0.3) is 107 Å². The lowest BCUT2D eigenvalue weighted by Crippen LogP contribution is -2.05. The Morgan fingerprint density at radius 1 is 0.273 bits per heavy atom. The summed E-state index contributed by atoms with van der Waals surface area (Å²) in [5.41, 5.74) is 17.7. The molecule has 12 aromatic rings. The number of carbonyl (C=O) groups is 1. The fourth-order valence-corrected chi connectivity index (χ4v) is 12.7. The van der Waals surface area contributed by atoms with Crippen molar-refractivity contribution in [2.24, 2.45) is 0 Å². The Kier molecular flexibility index (Phi) is 9.26. The Balaban J connectivity index is 0.802. The van der Waals surface area contributed by atoms with Crippen molar-refractivity contribution in [3.8, 4) is 66.8 Å². The van der Waals surface area contributed by atoms with Crippen molar-refractivity contribution in [3.63, 3.8) is 0 Å². The molecule has 3 heteroatoms. The number of thiophene rings is 2. The summed E-state index contributed by atoms with van der Waals surface area (Å²) in [5, 5.41) is 5.24. The fraction of sp³-hybridized carbons (Fsp3) is 0.0317. The van der Waals surface area contributed by atoms with Gasteiger partial charge in [0.05, 0.1) is 0 Å². The van der Waals surface area contributed by atoms with Gasteiger partial charge in [-0.15, -0.1) is 22.7 Å². The second-order valence-electron chi connectivity index (χ2n) is 17.5. The number of hydrogen-bond donors (Lipinski definition) is 0. The van der Waals surface area contributed by atoms with E-state index in [-0.39, 0.29) is 5.78 Å². The van der Waals surface area contributed by atoms with Gasteiger partial charge in [-0.25, -0.2) is 0 Å². The fourth-order valence-electron chi connectivity index (χ4n) is 10.2. The highest BCUT2D eigenvalue weighted by Crippen LogP contribution is 2.43. The molecular weight excluding hydrogens is 837 g/mol. The summed E-state index contributed by atoms with van der Waals surface area (Å²) in [4.78, 5) is 14.7. The van der Waals surface area contributed by atoms with E-state index in [1.165, 1.54) is 73.7 Å². The van der Waals surface area contributed by atoms with Crippen LogP contribution < -0.4 is 0 Å². The number of rotatable bonds is 6. The highest BCUT2D eigenvalue weighted by Gasteiger charge is 2.23. The molecule has 0 spiro atoms. The molecule has 2 heterocycles. The minimum Gasteiger partial charge on any atom is -0.289 e. The maximum Gasteiger partial charge on any atom is 0.193 e. The van der Waals surface area contributed by atoms with Crippen LogP contribution in [0.3, 0.4) is 0 Å². The number of hydrogen-bond acceptors (Lipinski definition) is 3. The third-order valence-corrected chi connectivity index (χ3v) is 16.0. The molecule has 310 valence electrons. The maximum absolute atomic E-state index is 14.7. The predicted octanol–water partition coefficient (Wildman–Crippen LogP) is 17.8. The molecule has 0 unspecified atom stereocenters. The zero-order valence-corrected chi connectivity index (χ0v) is 37.6. The SMILES string of the molecule is O=C1c2cc(-c3cccc(-c4cccc(-c5cccc6c5sc5ccccc56)c4)c3)ccc2CCc2ccc(-c3cccc(-c4cccc(-c5cccc6c5sc5ccccc56)c4)c3)cc21. The van der Waals surface area contributed by atoms with Gasteiger partial charge in [0.2, 0.25) is 0 Å². The maximum atomic E-state index is 14.7. The molecule has 66 heavy (non-hydrogen) atoms. The first-order valence-corrected chi connectivity index (χ1v) is 24.3. The van der Waals surface area contributed by atoms with E-state index in [9.17, 15) is 4.79 Å². The van der Waals surface area contributed by atoms with Gasteiger partial charge >= 0.3 is 0 Å². The average Bonchev–Trinajstić information content (AvgIpc) is 3.93. The standard InChI is InChI=1S/C63H40OS2/c64-61-57-37-47(43-13-5-11-41(33-43)45-15-7-17-49(35-45)51-21-9-23-55-53-19-1-3-25-59(53)65-62(51)55)31-29-39(57)27-28-40-30-32-48(38-58(40)61)44-14-6-12-42(34-44)46-16-8-18-50(36-46)52-22-10-24-56-54-20-2-4-26-60(54)66-63(52)56/h1-26,29-38H,27-28H2. The van der Waals surface area contributed by atoms with Crippen LogP contribution in [0.2, 0.25) is 0 Å². The minimum absolute atomic E-state index is 0.0970. The molecule has 0 amide bonds. The lowest BCUT2D eigenvalue weighted by atomic mass is 9.91. The molecule has 2 aromatic heterocycles. The number of aryl methyl sites for hydroxylation is 2. The molecular formula is C63H40OS2. The van der Waals surface area contributed by atoms with Gasteiger partial charge in [0.15, 0.2) is 5.78 Å². The summed E-state index contributed by atoms with van der Waals surface area (Å²) in [7, 11) is 0. The van der Waals surface area contributed by atoms with Crippen molar-refractivity contribution in [1.29, 1.82) is 0 Å². The molecule has 1 aliphatic rings. The molecule has 0 saturated carbocycles. The Morgan fingerprint density at radius 3 is 1.03 bits per heavy atom. The van der Waals surface area contributed by atoms with Gasteiger partial charge in [-0.2, -0.15) is 0 Å². The summed E-state index contributed by atoms with van der Waals surface area (Å²) < 4.78 is 5.26. The summed E-state index contributed by atoms with van der Waals surface area (Å²) >= 11 is 3.73. The monoisotopic (exact) mass is 876 g/mol. The summed E-state index contributed by atoms with van der Waals surface area (Å²) in [6.45, 7) is 0. The first-order valence-electron chi connectivity index (χ1n) is 22.6. The Labute approximate surface area is 391 Å². The van der Waals surface area contributed by atoms with Gasteiger partial charge in [-0.1, -0.05) is 170 Å². The largest absolute Gasteiger partial charge is 0.289 e. The average molecular weight is 877 g/mol. The normalized spacial score (nSPS) is 12.5. The molecule has 1 aliphatic carbocycles. The Morgan fingerprint density at radius 2 is 0.606 bits per heavy atom. The van der Waals surface area contributed by atoms with Crippen molar-refractivity contribution in [1.82, 2.24) is 0 Å². The highest BCUT2D eigenvalue weighted by atomic mass is 32.1. The van der Waals surface area contributed by atoms with Gasteiger partial charge in [-0.05, 0) is 139 Å². The van der Waals surface area contributed by atoms with Crippen LogP contribution in [0.1, 0.15) is 27.0 Å². The molecule has 0 saturated heterocycles. The van der Waals surface area contributed by atoms with Crippen LogP contribution >= 0.6 is 22.7 Å². The lowest BCUT2D eigenvalue weighted by molar-refractivity contribution is 0.103. The highest BCUT2D eigenvalue weighted by molar-refractivity contribution is 7.26. The summed E-state index contributed by atoms with van der Waals surface area (Å²) in [6.07, 6.45) is 1.66. The van der Waals surface area contributed by atoms with Crippen LogP contribution in [0.4, 0.5) is 0 Å². The third kappa shape index (κ3) is 6.62. The van der Waals surface area contributed by atoms with Crippen LogP contribution in [-0.4, -0.2) is 5.78 Å². The van der Waals surface area contributed by atoms with Crippen molar-refractivity contribution in [2.45, 2.75) is 12.8 Å². The molecule has 0 atom stereocenters. The van der Waals surface area contributed by atoms with Gasteiger partial charge < -0.3 is 0 Å². The molecule has 0 aliphatic heterocycles. The molecule has 0 bridgehead atoms. The zero-order valence-electron chi connectivity index (χ0n) is 35.9. The number of fused-ring (bicyclic) bond motifs is 8. The zero-order chi connectivity index (χ0) is 43.7. The van der Waals surface area contributed by atoms with Crippen LogP contribution in [0.15, 0.2) is 218 Å². The van der Waals surface area contributed by atoms with Crippen LogP contribution in [0, 0.1) is 0 Å². The Bertz CT molecular complexity index is 3660. The first kappa shape index (κ1) is 38.7. The summed E-state index contributed by atoms with van der Waals surface area (Å²) in [6, 6.07) is 79.0. The Hall–Kier alpha value is -7.69. The third-order valence-electron chi connectivity index (χ3n) is 13.6. The van der Waals surface area contributed by atoms with Gasteiger partial charge in [0, 0.05) is 51.5 Å². The van der Waals surface area contributed by atoms with Gasteiger partial charge in [0.1, 0.15) is 0 Å². The minimum atomic E-state index is 0.0970. The molecule has 0 N–H and O–H groups in total. The second kappa shape index (κ2) is 15.8. The van der Waals surface area contributed by atoms with E-state index in [1.54, 1.807) is 0 Å². The van der Waals surface area contributed by atoms with E-state index in [2.05, 4.69) is 218 Å². The van der Waals surface area contributed by atoms with E-state index in [0.29, 0.717) is 0 Å². The van der Waals surface area contributed by atoms with Crippen molar-refractivity contribution >= 4 is 68.8 Å². The molecule has 0 fully saturated rings. The second-order valence-corrected chi connectivity index (χ2v) is 19.6. The number of ketones is 1. The van der Waals surface area contributed by atoms with E-state index < -0.39 is 0 Å². The lowest BCUT2D eigenvalue weighted by Gasteiger charge is -2.12. The van der Waals surface area contributed by atoms with E-state index in [0.717, 1.165) is 68.5 Å². The number of carbonyl (C=O) groups excluding carboxylic acids is 1. The molecule has 10 aromatic carbocycles. The van der Waals surface area contributed by atoms with Crippen LogP contribution in [-0.2, 0) is 12.8 Å².